The molecule has 18 nitrogen and oxygen atoms in total. The SMILES string of the molecule is CO[C@@H](C)c1ncc(N2CCN(C3CC3)CC2)cc1-c1c2c3cc(ccc3n1CCOC1CCOCC1)-c1csc(n1)[C@@H](N1CC3(CCCCO3)C1)[C@H](NC(=O)[C@H]1C[C@@H](C)O1)C(=O)N1CCC[C@H](N1)C(=O)OCC(C)(C)C2. The highest BCUT2D eigenvalue weighted by molar-refractivity contribution is 7.10. The summed E-state index contributed by atoms with van der Waals surface area (Å²) >= 11 is 1.50. The van der Waals surface area contributed by atoms with Crippen molar-refractivity contribution in [2.45, 2.75) is 159 Å². The molecule has 10 heterocycles. The van der Waals surface area contributed by atoms with Crippen LogP contribution in [0.4, 0.5) is 5.69 Å². The van der Waals surface area contributed by atoms with Gasteiger partial charge in [0.05, 0.1) is 72.1 Å². The van der Waals surface area contributed by atoms with E-state index in [-0.39, 0.29) is 42.3 Å². The van der Waals surface area contributed by atoms with Crippen molar-refractivity contribution < 1.29 is 42.8 Å². The van der Waals surface area contributed by atoms with Crippen LogP contribution in [0.5, 0.6) is 0 Å². The first-order chi connectivity index (χ1) is 37.3. The summed E-state index contributed by atoms with van der Waals surface area (Å²) in [7, 11) is 1.74. The molecule has 416 valence electrons. The lowest BCUT2D eigenvalue weighted by Crippen LogP contribution is -2.69. The summed E-state index contributed by atoms with van der Waals surface area (Å²) in [5.41, 5.74) is 10.3. The number of hydrogen-bond acceptors (Lipinski definition) is 16. The minimum Gasteiger partial charge on any atom is -0.464 e. The van der Waals surface area contributed by atoms with Gasteiger partial charge in [-0.1, -0.05) is 19.9 Å². The number of cyclic esters (lactones) is 1. The number of esters is 1. The molecule has 6 saturated heterocycles. The molecular formula is C58H79N9O9S. The summed E-state index contributed by atoms with van der Waals surface area (Å²) in [4.78, 5) is 61.9. The second kappa shape index (κ2) is 22.2. The van der Waals surface area contributed by atoms with E-state index in [4.69, 9.17) is 38.4 Å². The smallest absolute Gasteiger partial charge is 0.324 e. The van der Waals surface area contributed by atoms with E-state index in [0.717, 1.165) is 115 Å². The van der Waals surface area contributed by atoms with E-state index in [2.05, 4.69) is 80.4 Å². The van der Waals surface area contributed by atoms with Crippen molar-refractivity contribution in [3.05, 3.63) is 52.1 Å². The summed E-state index contributed by atoms with van der Waals surface area (Å²) in [5.74, 6) is -1.08. The van der Waals surface area contributed by atoms with Gasteiger partial charge in [0, 0.05) is 125 Å². The number of thiazole rings is 1. The summed E-state index contributed by atoms with van der Waals surface area (Å²) in [6.45, 7) is 17.1. The van der Waals surface area contributed by atoms with Gasteiger partial charge in [-0.15, -0.1) is 11.3 Å². The van der Waals surface area contributed by atoms with Crippen molar-refractivity contribution in [2.24, 2.45) is 5.41 Å². The first kappa shape index (κ1) is 53.1. The predicted molar refractivity (Wildman–Crippen MR) is 292 cm³/mol. The number of anilines is 1. The molecule has 12 rings (SSSR count). The third-order valence-corrected chi connectivity index (χ3v) is 18.6. The molecule has 7 aliphatic heterocycles. The van der Waals surface area contributed by atoms with Gasteiger partial charge in [-0.25, -0.2) is 10.4 Å². The van der Waals surface area contributed by atoms with Crippen molar-refractivity contribution in [1.29, 1.82) is 0 Å². The minimum absolute atomic E-state index is 0.0462. The Hall–Kier alpha value is -4.57. The number of likely N-dealkylation sites (tertiary alicyclic amines) is 1. The van der Waals surface area contributed by atoms with Crippen LogP contribution in [0.25, 0.3) is 33.4 Å². The molecule has 7 fully saturated rings. The Morgan fingerprint density at radius 3 is 2.53 bits per heavy atom. The van der Waals surface area contributed by atoms with Gasteiger partial charge in [0.1, 0.15) is 23.2 Å². The highest BCUT2D eigenvalue weighted by Gasteiger charge is 2.53. The molecule has 4 aromatic rings. The molecule has 0 unspecified atom stereocenters. The van der Waals surface area contributed by atoms with Crippen LogP contribution < -0.4 is 15.6 Å². The van der Waals surface area contributed by atoms with Gasteiger partial charge in [-0.2, -0.15) is 0 Å². The number of pyridine rings is 1. The van der Waals surface area contributed by atoms with Crippen molar-refractivity contribution in [3.63, 3.8) is 0 Å². The standard InChI is InChI=1S/C58H79N9O9S/c1-36-27-48(76-36)53(68)61-50-52(65-33-58(34-65)16-6-7-23-75-58)54-60-46(32-77-54)38-10-13-47-42(28-38)44(30-57(3,4)35-74-56(70)45-9-8-17-67(62-45)55(50)69)51(66(47)22-26-73-41-14-24-72-25-15-41)43-29-40(31-59-49(43)37(2)71-5)64-20-18-63(19-21-64)39-11-12-39/h10,13,28-29,31-32,36-37,39,41,45,48,50,52,62H,6-9,11-12,14-27,30,33-35H2,1-5H3,(H,61,68)/t36-,37+,45+,48-,50+,52+/m1/s1. The summed E-state index contributed by atoms with van der Waals surface area (Å²) < 4.78 is 39.7. The number of hydrazine groups is 1. The Labute approximate surface area is 456 Å². The molecule has 1 saturated carbocycles. The predicted octanol–water partition coefficient (Wildman–Crippen LogP) is 6.59. The van der Waals surface area contributed by atoms with Crippen molar-refractivity contribution in [2.75, 3.05) is 90.9 Å². The van der Waals surface area contributed by atoms with E-state index in [9.17, 15) is 9.59 Å². The van der Waals surface area contributed by atoms with Gasteiger partial charge in [0.25, 0.3) is 5.91 Å². The number of carbonyl (C=O) groups is 3. The lowest BCUT2D eigenvalue weighted by Gasteiger charge is -2.55. The Kier molecular flexibility index (Phi) is 15.3. The number of aromatic nitrogens is 3. The molecule has 6 atom stereocenters. The molecule has 77 heavy (non-hydrogen) atoms. The topological polar surface area (TPSA) is 174 Å². The van der Waals surface area contributed by atoms with E-state index in [1.807, 2.05) is 13.1 Å². The monoisotopic (exact) mass is 1080 g/mol. The average molecular weight is 1080 g/mol. The number of carbonyl (C=O) groups excluding carboxylic acids is 3. The average Bonchev–Trinajstić information content (AvgIpc) is 4.14. The van der Waals surface area contributed by atoms with Crippen LogP contribution >= 0.6 is 11.3 Å². The fraction of sp³-hybridized carbons (Fsp3) is 0.672. The molecule has 8 aliphatic rings. The highest BCUT2D eigenvalue weighted by Crippen LogP contribution is 2.46. The molecule has 19 heteroatoms. The maximum absolute atomic E-state index is 15.3. The van der Waals surface area contributed by atoms with Gasteiger partial charge >= 0.3 is 5.97 Å². The van der Waals surface area contributed by atoms with Gasteiger partial charge < -0.3 is 43.2 Å². The fourth-order valence-electron chi connectivity index (χ4n) is 13.1. The van der Waals surface area contributed by atoms with Crippen LogP contribution in [0, 0.1) is 5.41 Å². The molecule has 1 aliphatic carbocycles. The van der Waals surface area contributed by atoms with Gasteiger partial charge in [0.2, 0.25) is 5.91 Å². The summed E-state index contributed by atoms with van der Waals surface area (Å²) in [6.07, 6.45) is 10.7. The Bertz CT molecular complexity index is 2780. The molecule has 3 aromatic heterocycles. The van der Waals surface area contributed by atoms with Crippen molar-refractivity contribution >= 4 is 45.7 Å². The fourth-order valence-corrected chi connectivity index (χ4v) is 14.1. The van der Waals surface area contributed by atoms with Crippen LogP contribution in [0.1, 0.15) is 120 Å². The van der Waals surface area contributed by atoms with Crippen LogP contribution in [-0.2, 0) is 55.8 Å². The van der Waals surface area contributed by atoms with Crippen LogP contribution in [0.3, 0.4) is 0 Å². The molecule has 1 aromatic carbocycles. The van der Waals surface area contributed by atoms with Crippen molar-refractivity contribution in [3.8, 4) is 22.5 Å². The number of nitrogens with one attached hydrogen (secondary N) is 2. The second-order valence-corrected chi connectivity index (χ2v) is 24.9. The quantitative estimate of drug-likeness (QED) is 0.145. The van der Waals surface area contributed by atoms with E-state index >= 15 is 4.79 Å². The molecule has 2 amide bonds. The van der Waals surface area contributed by atoms with Crippen LogP contribution in [0.2, 0.25) is 0 Å². The zero-order valence-corrected chi connectivity index (χ0v) is 46.6. The summed E-state index contributed by atoms with van der Waals surface area (Å²) in [5, 5.41) is 8.59. The van der Waals surface area contributed by atoms with E-state index in [0.29, 0.717) is 83.3 Å². The van der Waals surface area contributed by atoms with Gasteiger partial charge in [0.15, 0.2) is 0 Å². The zero-order chi connectivity index (χ0) is 53.0. The van der Waals surface area contributed by atoms with Gasteiger partial charge in [-0.3, -0.25) is 34.2 Å². The number of benzene rings is 1. The number of hydrogen-bond donors (Lipinski definition) is 2. The number of nitrogens with zero attached hydrogens (tertiary/aromatic N) is 7. The largest absolute Gasteiger partial charge is 0.464 e. The normalized spacial score (nSPS) is 27.9. The first-order valence-electron chi connectivity index (χ1n) is 28.7. The molecule has 1 spiro atoms. The van der Waals surface area contributed by atoms with Crippen LogP contribution in [0.15, 0.2) is 35.8 Å². The summed E-state index contributed by atoms with van der Waals surface area (Å²) in [6, 6.07) is 7.25. The lowest BCUT2D eigenvalue weighted by molar-refractivity contribution is -0.185. The molecule has 2 N–H and O–H groups in total. The maximum atomic E-state index is 15.3. The Balaban J connectivity index is 0.999. The number of rotatable bonds is 12. The molecule has 6 bridgehead atoms. The third-order valence-electron chi connectivity index (χ3n) is 17.6. The Morgan fingerprint density at radius 1 is 0.987 bits per heavy atom. The number of ether oxygens (including phenoxy) is 6. The molecular weight excluding hydrogens is 999 g/mol. The van der Waals surface area contributed by atoms with Gasteiger partial charge in [-0.05, 0) is 102 Å². The lowest BCUT2D eigenvalue weighted by atomic mass is 9.83. The van der Waals surface area contributed by atoms with E-state index in [1.54, 1.807) is 7.11 Å². The maximum Gasteiger partial charge on any atom is 0.324 e. The Morgan fingerprint density at radius 2 is 1.79 bits per heavy atom. The number of methoxy groups -OCH3 is 1. The van der Waals surface area contributed by atoms with Crippen LogP contribution in [-0.4, -0.2) is 175 Å². The van der Waals surface area contributed by atoms with E-state index in [1.165, 1.54) is 29.2 Å². The number of fused-ring (bicyclic) bond motifs is 6. The van der Waals surface area contributed by atoms with E-state index < -0.39 is 35.6 Å². The molecule has 0 radical (unpaired) electrons. The second-order valence-electron chi connectivity index (χ2n) is 24.0. The third kappa shape index (κ3) is 11.1. The van der Waals surface area contributed by atoms with Crippen molar-refractivity contribution in [1.82, 2.24) is 40.1 Å². The minimum atomic E-state index is -1.05. The first-order valence-corrected chi connectivity index (χ1v) is 29.6. The number of amides is 2. The highest BCUT2D eigenvalue weighted by atomic mass is 32.1. The zero-order valence-electron chi connectivity index (χ0n) is 45.8. The number of piperazine rings is 1.